The molecule has 2 rings (SSSR count). The summed E-state index contributed by atoms with van der Waals surface area (Å²) in [6, 6.07) is 13.9. The van der Waals surface area contributed by atoms with Gasteiger partial charge in [-0.25, -0.2) is 0 Å². The minimum Gasteiger partial charge on any atom is -0.468 e. The van der Waals surface area contributed by atoms with E-state index in [2.05, 4.69) is 28.1 Å². The normalized spacial score (nSPS) is 12.2. The van der Waals surface area contributed by atoms with Crippen LogP contribution < -0.4 is 10.5 Å². The Morgan fingerprint density at radius 2 is 2.05 bits per heavy atom. The number of hydrogen-bond acceptors (Lipinski definition) is 3. The summed E-state index contributed by atoms with van der Waals surface area (Å²) in [6.45, 7) is 1.67. The summed E-state index contributed by atoms with van der Waals surface area (Å²) in [5, 5.41) is 8.81. The first-order valence-corrected chi connectivity index (χ1v) is 7.26. The topological polar surface area (TPSA) is 55.5 Å². The third-order valence-electron chi connectivity index (χ3n) is 3.12. The Balaban J connectivity index is 2.29. The van der Waals surface area contributed by atoms with Crippen LogP contribution in [-0.2, 0) is 6.42 Å². The van der Waals surface area contributed by atoms with Gasteiger partial charge in [0.1, 0.15) is 5.75 Å². The van der Waals surface area contributed by atoms with E-state index in [0.717, 1.165) is 22.0 Å². The van der Waals surface area contributed by atoms with Crippen molar-refractivity contribution in [3.63, 3.8) is 0 Å². The van der Waals surface area contributed by atoms with Gasteiger partial charge in [0.25, 0.3) is 0 Å². The molecule has 0 spiro atoms. The van der Waals surface area contributed by atoms with Crippen LogP contribution in [0.3, 0.4) is 0 Å². The summed E-state index contributed by atoms with van der Waals surface area (Å²) < 4.78 is 6.15. The van der Waals surface area contributed by atoms with E-state index in [4.69, 9.17) is 15.6 Å². The predicted molar refractivity (Wildman–Crippen MR) is 83.7 cm³/mol. The van der Waals surface area contributed by atoms with Crippen molar-refractivity contribution in [2.45, 2.75) is 19.4 Å². The van der Waals surface area contributed by atoms with Crippen molar-refractivity contribution in [3.8, 4) is 5.75 Å². The SMILES string of the molecule is CC(N)c1ccc(Br)cc1Cc1cccc(OCO)c1. The molecule has 0 aromatic heterocycles. The summed E-state index contributed by atoms with van der Waals surface area (Å²) in [7, 11) is 0. The van der Waals surface area contributed by atoms with Crippen LogP contribution >= 0.6 is 15.9 Å². The van der Waals surface area contributed by atoms with Crippen LogP contribution in [0, 0.1) is 0 Å². The average molecular weight is 336 g/mol. The Labute approximate surface area is 127 Å². The van der Waals surface area contributed by atoms with E-state index in [1.165, 1.54) is 5.56 Å². The molecule has 0 aliphatic carbocycles. The summed E-state index contributed by atoms with van der Waals surface area (Å²) >= 11 is 3.50. The maximum Gasteiger partial charge on any atom is 0.186 e. The minimum absolute atomic E-state index is 0.00465. The van der Waals surface area contributed by atoms with Crippen LogP contribution in [-0.4, -0.2) is 11.9 Å². The van der Waals surface area contributed by atoms with Crippen LogP contribution in [0.5, 0.6) is 5.75 Å². The molecule has 4 heteroatoms. The predicted octanol–water partition coefficient (Wildman–Crippen LogP) is 3.39. The zero-order chi connectivity index (χ0) is 14.5. The molecule has 0 radical (unpaired) electrons. The Bertz CT molecular complexity index is 584. The highest BCUT2D eigenvalue weighted by atomic mass is 79.9. The monoisotopic (exact) mass is 335 g/mol. The Morgan fingerprint density at radius 3 is 2.75 bits per heavy atom. The molecule has 0 saturated heterocycles. The Kier molecular flexibility index (Phi) is 5.17. The summed E-state index contributed by atoms with van der Waals surface area (Å²) in [6.07, 6.45) is 0.777. The van der Waals surface area contributed by atoms with Gasteiger partial charge in [0.15, 0.2) is 6.79 Å². The van der Waals surface area contributed by atoms with Crippen LogP contribution in [0.25, 0.3) is 0 Å². The molecule has 0 fully saturated rings. The lowest BCUT2D eigenvalue weighted by atomic mass is 9.96. The van der Waals surface area contributed by atoms with Gasteiger partial charge in [-0.15, -0.1) is 0 Å². The highest BCUT2D eigenvalue weighted by molar-refractivity contribution is 9.10. The lowest BCUT2D eigenvalue weighted by Crippen LogP contribution is -2.08. The summed E-state index contributed by atoms with van der Waals surface area (Å²) in [5.41, 5.74) is 9.47. The number of aliphatic hydroxyl groups excluding tert-OH is 1. The van der Waals surface area contributed by atoms with Gasteiger partial charge in [-0.3, -0.25) is 0 Å². The quantitative estimate of drug-likeness (QED) is 0.823. The number of hydrogen-bond donors (Lipinski definition) is 2. The fourth-order valence-electron chi connectivity index (χ4n) is 2.21. The number of benzene rings is 2. The molecular formula is C16H18BrNO2. The Morgan fingerprint density at radius 1 is 1.25 bits per heavy atom. The van der Waals surface area contributed by atoms with Crippen LogP contribution in [0.15, 0.2) is 46.9 Å². The number of aliphatic hydroxyl groups is 1. The third-order valence-corrected chi connectivity index (χ3v) is 3.61. The lowest BCUT2D eigenvalue weighted by molar-refractivity contribution is 0.0985. The average Bonchev–Trinajstić information content (AvgIpc) is 2.39. The second-order valence-electron chi connectivity index (χ2n) is 4.73. The van der Waals surface area contributed by atoms with Crippen molar-refractivity contribution < 1.29 is 9.84 Å². The molecule has 3 N–H and O–H groups in total. The largest absolute Gasteiger partial charge is 0.468 e. The number of nitrogens with two attached hydrogens (primary N) is 1. The van der Waals surface area contributed by atoms with E-state index in [-0.39, 0.29) is 12.8 Å². The van der Waals surface area contributed by atoms with Crippen molar-refractivity contribution in [2.24, 2.45) is 5.73 Å². The van der Waals surface area contributed by atoms with E-state index >= 15 is 0 Å². The zero-order valence-corrected chi connectivity index (χ0v) is 12.9. The summed E-state index contributed by atoms with van der Waals surface area (Å²) in [4.78, 5) is 0. The molecule has 1 unspecified atom stereocenters. The van der Waals surface area contributed by atoms with Gasteiger partial charge in [0.2, 0.25) is 0 Å². The Hall–Kier alpha value is -1.36. The molecule has 0 aliphatic heterocycles. The van der Waals surface area contributed by atoms with E-state index < -0.39 is 0 Å². The number of halogens is 1. The molecule has 0 saturated carbocycles. The van der Waals surface area contributed by atoms with Crippen molar-refractivity contribution >= 4 is 15.9 Å². The highest BCUT2D eigenvalue weighted by Crippen LogP contribution is 2.24. The van der Waals surface area contributed by atoms with Gasteiger partial charge < -0.3 is 15.6 Å². The fourth-order valence-corrected chi connectivity index (χ4v) is 2.62. The van der Waals surface area contributed by atoms with E-state index in [9.17, 15) is 0 Å². The highest BCUT2D eigenvalue weighted by Gasteiger charge is 2.09. The molecule has 2 aromatic rings. The van der Waals surface area contributed by atoms with Crippen molar-refractivity contribution in [1.82, 2.24) is 0 Å². The lowest BCUT2D eigenvalue weighted by Gasteiger charge is -2.14. The first-order valence-electron chi connectivity index (χ1n) is 6.46. The van der Waals surface area contributed by atoms with Gasteiger partial charge in [0.05, 0.1) is 0 Å². The zero-order valence-electron chi connectivity index (χ0n) is 11.3. The molecule has 0 heterocycles. The van der Waals surface area contributed by atoms with E-state index in [0.29, 0.717) is 5.75 Å². The standard InChI is InChI=1S/C16H18BrNO2/c1-11(18)16-6-5-14(17)9-13(16)7-12-3-2-4-15(8-12)20-10-19/h2-6,8-9,11,19H,7,10,18H2,1H3. The van der Waals surface area contributed by atoms with Crippen molar-refractivity contribution in [3.05, 3.63) is 63.6 Å². The molecule has 2 aromatic carbocycles. The van der Waals surface area contributed by atoms with Gasteiger partial charge in [-0.05, 0) is 54.3 Å². The van der Waals surface area contributed by atoms with Crippen LogP contribution in [0.4, 0.5) is 0 Å². The van der Waals surface area contributed by atoms with Crippen molar-refractivity contribution in [1.29, 1.82) is 0 Å². The second kappa shape index (κ2) is 6.88. The van der Waals surface area contributed by atoms with E-state index in [1.54, 1.807) is 0 Å². The number of rotatable bonds is 5. The first-order chi connectivity index (χ1) is 9.60. The maximum atomic E-state index is 8.81. The second-order valence-corrected chi connectivity index (χ2v) is 5.65. The third kappa shape index (κ3) is 3.82. The molecule has 0 bridgehead atoms. The maximum absolute atomic E-state index is 8.81. The fraction of sp³-hybridized carbons (Fsp3) is 0.250. The van der Waals surface area contributed by atoms with Gasteiger partial charge in [-0.2, -0.15) is 0 Å². The molecule has 1 atom stereocenters. The summed E-state index contributed by atoms with van der Waals surface area (Å²) in [5.74, 6) is 0.669. The molecular weight excluding hydrogens is 318 g/mol. The molecule has 3 nitrogen and oxygen atoms in total. The van der Waals surface area contributed by atoms with Crippen LogP contribution in [0.2, 0.25) is 0 Å². The molecule has 106 valence electrons. The number of ether oxygens (including phenoxy) is 1. The van der Waals surface area contributed by atoms with E-state index in [1.807, 2.05) is 37.3 Å². The first kappa shape index (κ1) is 15.0. The van der Waals surface area contributed by atoms with Gasteiger partial charge >= 0.3 is 0 Å². The minimum atomic E-state index is -0.314. The van der Waals surface area contributed by atoms with Crippen molar-refractivity contribution in [2.75, 3.05) is 6.79 Å². The van der Waals surface area contributed by atoms with Gasteiger partial charge in [-0.1, -0.05) is 34.1 Å². The van der Waals surface area contributed by atoms with Crippen LogP contribution in [0.1, 0.15) is 29.7 Å². The molecule has 0 aliphatic rings. The van der Waals surface area contributed by atoms with Gasteiger partial charge in [0, 0.05) is 10.5 Å². The molecule has 0 amide bonds. The molecule has 20 heavy (non-hydrogen) atoms. The smallest absolute Gasteiger partial charge is 0.186 e.